The van der Waals surface area contributed by atoms with Crippen molar-refractivity contribution in [2.45, 2.75) is 19.9 Å². The molecule has 3 N–H and O–H groups in total. The van der Waals surface area contributed by atoms with Gasteiger partial charge in [0.1, 0.15) is 0 Å². The number of nitrogen functional groups attached to an aromatic ring is 1. The van der Waals surface area contributed by atoms with E-state index in [2.05, 4.69) is 29.0 Å². The zero-order chi connectivity index (χ0) is 14.7. The van der Waals surface area contributed by atoms with Crippen LogP contribution in [0.5, 0.6) is 0 Å². The molecule has 6 heteroatoms. The number of amides is 1. The molecule has 0 bridgehead atoms. The molecule has 0 aliphatic rings. The third-order valence-corrected chi connectivity index (χ3v) is 4.15. The Morgan fingerprint density at radius 3 is 2.95 bits per heavy atom. The normalized spacial score (nSPS) is 11.4. The van der Waals surface area contributed by atoms with Gasteiger partial charge in [-0.15, -0.1) is 0 Å². The van der Waals surface area contributed by atoms with Crippen molar-refractivity contribution in [3.05, 3.63) is 23.8 Å². The number of likely N-dealkylation sites (N-methyl/N-ethyl adjacent to an activating group) is 1. The summed E-state index contributed by atoms with van der Waals surface area (Å²) in [4.78, 5) is 18.4. The van der Waals surface area contributed by atoms with E-state index in [1.807, 2.05) is 19.2 Å². The molecule has 5 nitrogen and oxygen atoms in total. The molecule has 0 aliphatic heterocycles. The summed E-state index contributed by atoms with van der Waals surface area (Å²) in [7, 11) is 2.04. The van der Waals surface area contributed by atoms with Crippen molar-refractivity contribution in [2.75, 3.05) is 25.9 Å². The second-order valence-corrected chi connectivity index (χ2v) is 6.13. The highest BCUT2D eigenvalue weighted by Crippen LogP contribution is 2.24. The molecule has 0 saturated carbocycles. The average molecular weight is 292 g/mol. The monoisotopic (exact) mass is 292 g/mol. The predicted octanol–water partition coefficient (Wildman–Crippen LogP) is 1.95. The third-order valence-electron chi connectivity index (χ3n) is 3.30. The SMILES string of the molecule is CC(C)N(C)CCNC(=O)c1ccc2nc(N)sc2c1. The van der Waals surface area contributed by atoms with Gasteiger partial charge >= 0.3 is 0 Å². The van der Waals surface area contributed by atoms with Crippen molar-refractivity contribution < 1.29 is 4.79 Å². The first-order valence-electron chi connectivity index (χ1n) is 6.62. The molecule has 2 rings (SSSR count). The minimum Gasteiger partial charge on any atom is -0.375 e. The van der Waals surface area contributed by atoms with Crippen LogP contribution in [0.25, 0.3) is 10.2 Å². The number of fused-ring (bicyclic) bond motifs is 1. The molecular weight excluding hydrogens is 272 g/mol. The maximum absolute atomic E-state index is 12.1. The number of thiazole rings is 1. The summed E-state index contributed by atoms with van der Waals surface area (Å²) in [6.45, 7) is 5.73. The summed E-state index contributed by atoms with van der Waals surface area (Å²) in [5.74, 6) is -0.0592. The van der Waals surface area contributed by atoms with Crippen LogP contribution in [0.2, 0.25) is 0 Å². The largest absolute Gasteiger partial charge is 0.375 e. The van der Waals surface area contributed by atoms with Crippen molar-refractivity contribution in [3.63, 3.8) is 0 Å². The summed E-state index contributed by atoms with van der Waals surface area (Å²) in [5, 5.41) is 3.45. The molecule has 1 amide bonds. The third kappa shape index (κ3) is 3.46. The van der Waals surface area contributed by atoms with Crippen molar-refractivity contribution in [1.29, 1.82) is 0 Å². The number of nitrogens with two attached hydrogens (primary N) is 1. The number of anilines is 1. The van der Waals surface area contributed by atoms with Gasteiger partial charge in [0.25, 0.3) is 5.91 Å². The molecule has 1 heterocycles. The van der Waals surface area contributed by atoms with Crippen LogP contribution < -0.4 is 11.1 Å². The van der Waals surface area contributed by atoms with E-state index in [0.29, 0.717) is 23.3 Å². The van der Waals surface area contributed by atoms with E-state index in [9.17, 15) is 4.79 Å². The molecule has 0 saturated heterocycles. The number of hydrogen-bond acceptors (Lipinski definition) is 5. The first kappa shape index (κ1) is 14.7. The highest BCUT2D eigenvalue weighted by atomic mass is 32.1. The zero-order valence-electron chi connectivity index (χ0n) is 12.0. The second-order valence-electron chi connectivity index (χ2n) is 5.06. The molecule has 0 radical (unpaired) electrons. The summed E-state index contributed by atoms with van der Waals surface area (Å²) in [6.07, 6.45) is 0. The number of nitrogens with one attached hydrogen (secondary N) is 1. The number of nitrogens with zero attached hydrogens (tertiary/aromatic N) is 2. The lowest BCUT2D eigenvalue weighted by Gasteiger charge is -2.20. The van der Waals surface area contributed by atoms with Crippen LogP contribution in [0, 0.1) is 0 Å². The van der Waals surface area contributed by atoms with Gasteiger partial charge in [0.05, 0.1) is 10.2 Å². The molecule has 0 spiro atoms. The topological polar surface area (TPSA) is 71.2 Å². The Morgan fingerprint density at radius 2 is 2.25 bits per heavy atom. The van der Waals surface area contributed by atoms with Gasteiger partial charge in [0.2, 0.25) is 0 Å². The minimum absolute atomic E-state index is 0.0592. The van der Waals surface area contributed by atoms with Gasteiger partial charge in [-0.2, -0.15) is 0 Å². The van der Waals surface area contributed by atoms with Gasteiger partial charge in [-0.3, -0.25) is 4.79 Å². The van der Waals surface area contributed by atoms with E-state index in [0.717, 1.165) is 16.8 Å². The van der Waals surface area contributed by atoms with Crippen LogP contribution in [0.15, 0.2) is 18.2 Å². The number of aromatic nitrogens is 1. The summed E-state index contributed by atoms with van der Waals surface area (Å²) in [6, 6.07) is 5.92. The van der Waals surface area contributed by atoms with Gasteiger partial charge in [0.15, 0.2) is 5.13 Å². The minimum atomic E-state index is -0.0592. The van der Waals surface area contributed by atoms with Crippen LogP contribution in [0.4, 0.5) is 5.13 Å². The van der Waals surface area contributed by atoms with Crippen LogP contribution in [0.3, 0.4) is 0 Å². The maximum atomic E-state index is 12.1. The average Bonchev–Trinajstić information content (AvgIpc) is 2.77. The van der Waals surface area contributed by atoms with Crippen molar-refractivity contribution >= 4 is 32.6 Å². The van der Waals surface area contributed by atoms with Gasteiger partial charge in [-0.05, 0) is 39.1 Å². The quantitative estimate of drug-likeness (QED) is 0.883. The lowest BCUT2D eigenvalue weighted by molar-refractivity contribution is 0.0948. The van der Waals surface area contributed by atoms with E-state index in [1.165, 1.54) is 11.3 Å². The zero-order valence-corrected chi connectivity index (χ0v) is 12.8. The van der Waals surface area contributed by atoms with Crippen LogP contribution >= 0.6 is 11.3 Å². The van der Waals surface area contributed by atoms with Crippen LogP contribution in [-0.2, 0) is 0 Å². The standard InChI is InChI=1S/C14H20N4OS/c1-9(2)18(3)7-6-16-13(19)10-4-5-11-12(8-10)20-14(15)17-11/h4-5,8-9H,6-7H2,1-3H3,(H2,15,17)(H,16,19). The molecule has 1 aromatic heterocycles. The Labute approximate surface area is 122 Å². The summed E-state index contributed by atoms with van der Waals surface area (Å²) in [5.41, 5.74) is 7.14. The Morgan fingerprint density at radius 1 is 1.50 bits per heavy atom. The van der Waals surface area contributed by atoms with Crippen LogP contribution in [0.1, 0.15) is 24.2 Å². The molecular formula is C14H20N4OS. The molecule has 0 fully saturated rings. The van der Waals surface area contributed by atoms with Crippen molar-refractivity contribution in [3.8, 4) is 0 Å². The summed E-state index contributed by atoms with van der Waals surface area (Å²) >= 11 is 1.39. The van der Waals surface area contributed by atoms with Gasteiger partial charge in [0, 0.05) is 24.7 Å². The fourth-order valence-electron chi connectivity index (χ4n) is 1.79. The molecule has 20 heavy (non-hydrogen) atoms. The van der Waals surface area contributed by atoms with Gasteiger partial charge < -0.3 is 16.0 Å². The number of hydrogen-bond donors (Lipinski definition) is 2. The highest BCUT2D eigenvalue weighted by molar-refractivity contribution is 7.22. The van der Waals surface area contributed by atoms with E-state index in [1.54, 1.807) is 6.07 Å². The first-order chi connectivity index (χ1) is 9.47. The van der Waals surface area contributed by atoms with Crippen LogP contribution in [-0.4, -0.2) is 42.0 Å². The number of carbonyl (C=O) groups is 1. The first-order valence-corrected chi connectivity index (χ1v) is 7.43. The number of rotatable bonds is 5. The fourth-order valence-corrected chi connectivity index (χ4v) is 2.56. The molecule has 0 atom stereocenters. The lowest BCUT2D eigenvalue weighted by atomic mass is 10.2. The molecule has 2 aromatic rings. The lowest BCUT2D eigenvalue weighted by Crippen LogP contribution is -2.36. The Bertz CT molecular complexity index is 608. The smallest absolute Gasteiger partial charge is 0.251 e. The Hall–Kier alpha value is -1.66. The number of benzene rings is 1. The van der Waals surface area contributed by atoms with E-state index >= 15 is 0 Å². The fraction of sp³-hybridized carbons (Fsp3) is 0.429. The maximum Gasteiger partial charge on any atom is 0.251 e. The second kappa shape index (κ2) is 6.19. The van der Waals surface area contributed by atoms with Crippen molar-refractivity contribution in [2.24, 2.45) is 0 Å². The molecule has 0 unspecified atom stereocenters. The molecule has 108 valence electrons. The Balaban J connectivity index is 1.97. The van der Waals surface area contributed by atoms with Gasteiger partial charge in [-0.1, -0.05) is 11.3 Å². The predicted molar refractivity (Wildman–Crippen MR) is 84.1 cm³/mol. The van der Waals surface area contributed by atoms with E-state index < -0.39 is 0 Å². The van der Waals surface area contributed by atoms with Gasteiger partial charge in [-0.25, -0.2) is 4.98 Å². The van der Waals surface area contributed by atoms with Crippen molar-refractivity contribution in [1.82, 2.24) is 15.2 Å². The van der Waals surface area contributed by atoms with E-state index in [4.69, 9.17) is 5.73 Å². The number of carbonyl (C=O) groups excluding carboxylic acids is 1. The summed E-state index contributed by atoms with van der Waals surface area (Å²) < 4.78 is 0.939. The molecule has 1 aromatic carbocycles. The van der Waals surface area contributed by atoms with E-state index in [-0.39, 0.29) is 5.91 Å². The highest BCUT2D eigenvalue weighted by Gasteiger charge is 2.09. The molecule has 0 aliphatic carbocycles. The Kier molecular flexibility index (Phi) is 4.57.